The van der Waals surface area contributed by atoms with Gasteiger partial charge < -0.3 is 15.2 Å². The Morgan fingerprint density at radius 1 is 1.43 bits per heavy atom. The third-order valence-corrected chi connectivity index (χ3v) is 3.53. The number of carbonyl (C=O) groups excluding carboxylic acids is 1. The van der Waals surface area contributed by atoms with Gasteiger partial charge in [0.2, 0.25) is 0 Å². The van der Waals surface area contributed by atoms with Crippen molar-refractivity contribution < 1.29 is 19.0 Å². The molecule has 0 bridgehead atoms. The Morgan fingerprint density at radius 2 is 2.24 bits per heavy atom. The Balaban J connectivity index is 2.12. The van der Waals surface area contributed by atoms with Gasteiger partial charge in [-0.25, -0.2) is 4.39 Å². The Labute approximate surface area is 125 Å². The molecule has 0 aliphatic heterocycles. The van der Waals surface area contributed by atoms with Gasteiger partial charge in [0.05, 0.1) is 16.9 Å². The molecule has 2 rings (SSSR count). The van der Waals surface area contributed by atoms with Crippen LogP contribution in [0.3, 0.4) is 0 Å². The summed E-state index contributed by atoms with van der Waals surface area (Å²) < 4.78 is 18.1. The van der Waals surface area contributed by atoms with Crippen molar-refractivity contribution in [3.8, 4) is 17.6 Å². The van der Waals surface area contributed by atoms with Crippen molar-refractivity contribution in [1.82, 2.24) is 0 Å². The molecule has 0 radical (unpaired) electrons. The minimum Gasteiger partial charge on any atom is -0.494 e. The molecule has 21 heavy (non-hydrogen) atoms. The standard InChI is InChI=1S/C15H12FNO3S/c1-20-13-9-10(4-6-12(13)16)17-15(19)14-7-5-11(21-14)3-2-8-18/h4-7,9,18H,8H2,1H3,(H,17,19). The van der Waals surface area contributed by atoms with Crippen LogP contribution in [0.1, 0.15) is 14.5 Å². The number of rotatable bonds is 3. The number of nitrogens with one attached hydrogen (secondary N) is 1. The van der Waals surface area contributed by atoms with E-state index >= 15 is 0 Å². The van der Waals surface area contributed by atoms with Crippen molar-refractivity contribution in [3.63, 3.8) is 0 Å². The van der Waals surface area contributed by atoms with Crippen LogP contribution in [0.5, 0.6) is 5.75 Å². The molecule has 1 amide bonds. The van der Waals surface area contributed by atoms with Gasteiger partial charge in [-0.2, -0.15) is 0 Å². The first-order valence-corrected chi connectivity index (χ1v) is 6.80. The maximum Gasteiger partial charge on any atom is 0.265 e. The molecule has 0 aliphatic carbocycles. The van der Waals surface area contributed by atoms with Gasteiger partial charge in [0.1, 0.15) is 6.61 Å². The maximum atomic E-state index is 13.3. The first-order valence-electron chi connectivity index (χ1n) is 5.98. The number of benzene rings is 1. The average molecular weight is 305 g/mol. The van der Waals surface area contributed by atoms with E-state index in [1.54, 1.807) is 12.1 Å². The number of methoxy groups -OCH3 is 1. The Hall–Kier alpha value is -2.36. The third-order valence-electron chi connectivity index (χ3n) is 2.53. The van der Waals surface area contributed by atoms with Crippen molar-refractivity contribution in [2.24, 2.45) is 0 Å². The van der Waals surface area contributed by atoms with Gasteiger partial charge in [-0.05, 0) is 24.3 Å². The van der Waals surface area contributed by atoms with Gasteiger partial charge in [-0.3, -0.25) is 4.79 Å². The molecule has 0 unspecified atom stereocenters. The van der Waals surface area contributed by atoms with Gasteiger partial charge in [0, 0.05) is 11.8 Å². The highest BCUT2D eigenvalue weighted by Gasteiger charge is 2.10. The van der Waals surface area contributed by atoms with Gasteiger partial charge in [-0.1, -0.05) is 11.8 Å². The van der Waals surface area contributed by atoms with E-state index < -0.39 is 5.82 Å². The number of anilines is 1. The average Bonchev–Trinajstić information content (AvgIpc) is 2.96. The summed E-state index contributed by atoms with van der Waals surface area (Å²) in [5.74, 6) is 4.50. The third kappa shape index (κ3) is 3.81. The van der Waals surface area contributed by atoms with Crippen LogP contribution in [0.4, 0.5) is 10.1 Å². The van der Waals surface area contributed by atoms with Crippen molar-refractivity contribution in [1.29, 1.82) is 0 Å². The van der Waals surface area contributed by atoms with Crippen LogP contribution in [0.15, 0.2) is 30.3 Å². The van der Waals surface area contributed by atoms with E-state index in [2.05, 4.69) is 17.2 Å². The summed E-state index contributed by atoms with van der Waals surface area (Å²) in [6, 6.07) is 7.43. The topological polar surface area (TPSA) is 58.6 Å². The first-order chi connectivity index (χ1) is 10.1. The lowest BCUT2D eigenvalue weighted by Crippen LogP contribution is -2.10. The molecule has 1 aromatic heterocycles. The van der Waals surface area contributed by atoms with Crippen LogP contribution >= 0.6 is 11.3 Å². The minimum atomic E-state index is -0.492. The molecule has 108 valence electrons. The quantitative estimate of drug-likeness (QED) is 0.857. The predicted molar refractivity (Wildman–Crippen MR) is 79.2 cm³/mol. The molecule has 1 heterocycles. The number of aliphatic hydroxyl groups is 1. The van der Waals surface area contributed by atoms with Gasteiger partial charge in [0.15, 0.2) is 11.6 Å². The fourth-order valence-electron chi connectivity index (χ4n) is 1.58. The highest BCUT2D eigenvalue weighted by molar-refractivity contribution is 7.14. The second-order valence-electron chi connectivity index (χ2n) is 3.93. The van der Waals surface area contributed by atoms with E-state index in [1.807, 2.05) is 0 Å². The molecule has 0 saturated heterocycles. The summed E-state index contributed by atoms with van der Waals surface area (Å²) >= 11 is 1.21. The molecule has 0 saturated carbocycles. The van der Waals surface area contributed by atoms with Crippen LogP contribution < -0.4 is 10.1 Å². The van der Waals surface area contributed by atoms with Crippen LogP contribution in [-0.4, -0.2) is 24.7 Å². The molecule has 2 aromatic rings. The van der Waals surface area contributed by atoms with E-state index in [0.29, 0.717) is 15.4 Å². The van der Waals surface area contributed by atoms with Crippen molar-refractivity contribution in [3.05, 3.63) is 45.9 Å². The Morgan fingerprint density at radius 3 is 2.95 bits per heavy atom. The van der Waals surface area contributed by atoms with Gasteiger partial charge >= 0.3 is 0 Å². The molecule has 0 fully saturated rings. The van der Waals surface area contributed by atoms with E-state index in [4.69, 9.17) is 9.84 Å². The lowest BCUT2D eigenvalue weighted by Gasteiger charge is -2.06. The zero-order valence-electron chi connectivity index (χ0n) is 11.1. The summed E-state index contributed by atoms with van der Waals surface area (Å²) in [5.41, 5.74) is 0.439. The smallest absolute Gasteiger partial charge is 0.265 e. The molecular weight excluding hydrogens is 293 g/mol. The lowest BCUT2D eigenvalue weighted by molar-refractivity contribution is 0.103. The Bertz CT molecular complexity index is 715. The lowest BCUT2D eigenvalue weighted by atomic mass is 10.3. The summed E-state index contributed by atoms with van der Waals surface area (Å²) in [6.07, 6.45) is 0. The van der Waals surface area contributed by atoms with E-state index in [-0.39, 0.29) is 18.3 Å². The molecule has 0 atom stereocenters. The van der Waals surface area contributed by atoms with Crippen molar-refractivity contribution in [2.45, 2.75) is 0 Å². The molecule has 0 aliphatic rings. The highest BCUT2D eigenvalue weighted by Crippen LogP contribution is 2.23. The first kappa shape index (κ1) is 15.0. The van der Waals surface area contributed by atoms with E-state index in [0.717, 1.165) is 0 Å². The summed E-state index contributed by atoms with van der Waals surface area (Å²) in [6.45, 7) is -0.227. The summed E-state index contributed by atoms with van der Waals surface area (Å²) in [4.78, 5) is 13.2. The van der Waals surface area contributed by atoms with Crippen LogP contribution in [0.2, 0.25) is 0 Å². The zero-order chi connectivity index (χ0) is 15.2. The van der Waals surface area contributed by atoms with Crippen molar-refractivity contribution in [2.75, 3.05) is 19.0 Å². The van der Waals surface area contributed by atoms with Crippen LogP contribution in [0.25, 0.3) is 0 Å². The fraction of sp³-hybridized carbons (Fsp3) is 0.133. The highest BCUT2D eigenvalue weighted by atomic mass is 32.1. The number of halogens is 1. The number of hydrogen-bond donors (Lipinski definition) is 2. The second-order valence-corrected chi connectivity index (χ2v) is 5.01. The SMILES string of the molecule is COc1cc(NC(=O)c2ccc(C#CCO)s2)ccc1F. The number of thiophene rings is 1. The molecule has 1 aromatic carbocycles. The molecule has 6 heteroatoms. The van der Waals surface area contributed by atoms with Crippen molar-refractivity contribution >= 4 is 22.9 Å². The number of amides is 1. The van der Waals surface area contributed by atoms with Crippen LogP contribution in [0, 0.1) is 17.7 Å². The zero-order valence-corrected chi connectivity index (χ0v) is 12.0. The number of ether oxygens (including phenoxy) is 1. The van der Waals surface area contributed by atoms with E-state index in [1.165, 1.54) is 36.6 Å². The predicted octanol–water partition coefficient (Wildman–Crippen LogP) is 2.49. The molecule has 4 nitrogen and oxygen atoms in total. The largest absolute Gasteiger partial charge is 0.494 e. The second kappa shape index (κ2) is 6.88. The maximum absolute atomic E-state index is 13.3. The number of aliphatic hydroxyl groups excluding tert-OH is 1. The minimum absolute atomic E-state index is 0.0634. The molecule has 0 spiro atoms. The monoisotopic (exact) mass is 305 g/mol. The fourth-order valence-corrected chi connectivity index (χ4v) is 2.36. The Kier molecular flexibility index (Phi) is 4.93. The molecular formula is C15H12FNO3S. The van der Waals surface area contributed by atoms with Crippen LogP contribution in [-0.2, 0) is 0 Å². The summed E-state index contributed by atoms with van der Waals surface area (Å²) in [5, 5.41) is 11.3. The number of hydrogen-bond acceptors (Lipinski definition) is 4. The summed E-state index contributed by atoms with van der Waals surface area (Å²) in [7, 11) is 1.36. The number of carbonyl (C=O) groups is 1. The van der Waals surface area contributed by atoms with Gasteiger partial charge in [0.25, 0.3) is 5.91 Å². The van der Waals surface area contributed by atoms with Gasteiger partial charge in [-0.15, -0.1) is 11.3 Å². The van der Waals surface area contributed by atoms with E-state index in [9.17, 15) is 9.18 Å². The molecule has 2 N–H and O–H groups in total. The normalized spacial score (nSPS) is 9.67.